The molecular formula is C14H23ClN2O. The number of halogens is 1. The van der Waals surface area contributed by atoms with Crippen LogP contribution >= 0.6 is 11.6 Å². The monoisotopic (exact) mass is 270 g/mol. The molecule has 0 heterocycles. The fraction of sp³-hybridized carbons (Fsp3) is 0.571. The molecule has 3 N–H and O–H groups in total. The van der Waals surface area contributed by atoms with Crippen LogP contribution in [0.3, 0.4) is 0 Å². The average molecular weight is 271 g/mol. The Hall–Kier alpha value is -0.610. The lowest BCUT2D eigenvalue weighted by molar-refractivity contribution is 0.0767. The maximum absolute atomic E-state index is 9.29. The number of nitrogens with two attached hydrogens (primary N) is 1. The van der Waals surface area contributed by atoms with Crippen molar-refractivity contribution in [2.24, 2.45) is 5.73 Å². The summed E-state index contributed by atoms with van der Waals surface area (Å²) in [6.07, 6.45) is 0.849. The first-order chi connectivity index (χ1) is 8.36. The van der Waals surface area contributed by atoms with E-state index in [0.29, 0.717) is 0 Å². The maximum Gasteiger partial charge on any atom is 0.0609 e. The van der Waals surface area contributed by atoms with Gasteiger partial charge in [0.1, 0.15) is 0 Å². The first-order valence-corrected chi connectivity index (χ1v) is 6.58. The number of nitrogens with zero attached hydrogens (tertiary/aromatic N) is 1. The Morgan fingerprint density at radius 1 is 1.33 bits per heavy atom. The zero-order valence-electron chi connectivity index (χ0n) is 11.4. The van der Waals surface area contributed by atoms with Crippen molar-refractivity contribution in [1.29, 1.82) is 0 Å². The van der Waals surface area contributed by atoms with Gasteiger partial charge >= 0.3 is 0 Å². The van der Waals surface area contributed by atoms with Gasteiger partial charge in [0.2, 0.25) is 0 Å². The molecule has 0 spiro atoms. The molecule has 0 radical (unpaired) electrons. The molecule has 0 bridgehead atoms. The van der Waals surface area contributed by atoms with Crippen LogP contribution in [-0.4, -0.2) is 35.7 Å². The summed E-state index contributed by atoms with van der Waals surface area (Å²) >= 11 is 5.85. The molecule has 1 unspecified atom stereocenters. The molecule has 1 aromatic carbocycles. The van der Waals surface area contributed by atoms with E-state index < -0.39 is 0 Å². The van der Waals surface area contributed by atoms with Crippen molar-refractivity contribution in [1.82, 2.24) is 4.90 Å². The van der Waals surface area contributed by atoms with Crippen molar-refractivity contribution in [3.05, 3.63) is 34.9 Å². The minimum absolute atomic E-state index is 0.000732. The van der Waals surface area contributed by atoms with Gasteiger partial charge < -0.3 is 10.8 Å². The summed E-state index contributed by atoms with van der Waals surface area (Å²) in [5, 5.41) is 10.0. The summed E-state index contributed by atoms with van der Waals surface area (Å²) in [5.41, 5.74) is 7.03. The van der Waals surface area contributed by atoms with Gasteiger partial charge in [0.25, 0.3) is 0 Å². The highest BCUT2D eigenvalue weighted by atomic mass is 35.5. The van der Waals surface area contributed by atoms with Gasteiger partial charge in [-0.2, -0.15) is 0 Å². The lowest BCUT2D eigenvalue weighted by Gasteiger charge is -2.34. The predicted octanol–water partition coefficient (Wildman–Crippen LogP) is 2.43. The second-order valence-corrected chi connectivity index (χ2v) is 5.78. The standard InChI is InChI=1S/C14H23ClN2O/c1-14(2,10-18)17(3)9-8-13(16)11-4-6-12(15)7-5-11/h4-7,13,18H,8-10,16H2,1-3H3. The van der Waals surface area contributed by atoms with Gasteiger partial charge in [0.05, 0.1) is 6.61 Å². The zero-order valence-corrected chi connectivity index (χ0v) is 12.1. The molecule has 0 aliphatic rings. The van der Waals surface area contributed by atoms with Crippen molar-refractivity contribution in [3.8, 4) is 0 Å². The van der Waals surface area contributed by atoms with Gasteiger partial charge in [-0.3, -0.25) is 4.90 Å². The molecule has 0 saturated carbocycles. The van der Waals surface area contributed by atoms with Crippen LogP contribution in [0.5, 0.6) is 0 Å². The van der Waals surface area contributed by atoms with Crippen LogP contribution in [0.4, 0.5) is 0 Å². The van der Waals surface area contributed by atoms with Crippen LogP contribution < -0.4 is 5.73 Å². The van der Waals surface area contributed by atoms with Gasteiger partial charge in [-0.15, -0.1) is 0 Å². The zero-order chi connectivity index (χ0) is 13.8. The molecule has 1 aromatic rings. The minimum Gasteiger partial charge on any atom is -0.394 e. The fourth-order valence-corrected chi connectivity index (χ4v) is 1.76. The molecule has 4 heteroatoms. The van der Waals surface area contributed by atoms with Gasteiger partial charge in [-0.05, 0) is 45.0 Å². The van der Waals surface area contributed by atoms with E-state index in [9.17, 15) is 5.11 Å². The van der Waals surface area contributed by atoms with E-state index in [4.69, 9.17) is 17.3 Å². The van der Waals surface area contributed by atoms with E-state index in [1.165, 1.54) is 0 Å². The minimum atomic E-state index is -0.209. The molecule has 0 aromatic heterocycles. The molecule has 3 nitrogen and oxygen atoms in total. The van der Waals surface area contributed by atoms with Crippen LogP contribution in [-0.2, 0) is 0 Å². The number of aliphatic hydroxyl groups excluding tert-OH is 1. The van der Waals surface area contributed by atoms with E-state index in [-0.39, 0.29) is 18.2 Å². The van der Waals surface area contributed by atoms with Gasteiger partial charge in [0.15, 0.2) is 0 Å². The lowest BCUT2D eigenvalue weighted by Crippen LogP contribution is -2.45. The van der Waals surface area contributed by atoms with Crippen LogP contribution in [0.25, 0.3) is 0 Å². The lowest BCUT2D eigenvalue weighted by atomic mass is 10.0. The molecule has 18 heavy (non-hydrogen) atoms. The Morgan fingerprint density at radius 3 is 2.39 bits per heavy atom. The molecule has 102 valence electrons. The summed E-state index contributed by atoms with van der Waals surface area (Å²) in [5.74, 6) is 0. The van der Waals surface area contributed by atoms with Gasteiger partial charge in [0, 0.05) is 23.1 Å². The van der Waals surface area contributed by atoms with Crippen LogP contribution in [0.1, 0.15) is 31.9 Å². The topological polar surface area (TPSA) is 49.5 Å². The number of aliphatic hydroxyl groups is 1. The van der Waals surface area contributed by atoms with Crippen molar-refractivity contribution in [2.45, 2.75) is 31.8 Å². The number of benzene rings is 1. The molecule has 0 amide bonds. The molecular weight excluding hydrogens is 248 g/mol. The van der Waals surface area contributed by atoms with E-state index in [0.717, 1.165) is 23.6 Å². The summed E-state index contributed by atoms with van der Waals surface area (Å²) in [4.78, 5) is 2.13. The highest BCUT2D eigenvalue weighted by Crippen LogP contribution is 2.19. The summed E-state index contributed by atoms with van der Waals surface area (Å²) < 4.78 is 0. The SMILES string of the molecule is CN(CCC(N)c1ccc(Cl)cc1)C(C)(C)CO. The highest BCUT2D eigenvalue weighted by Gasteiger charge is 2.22. The van der Waals surface area contributed by atoms with Crippen LogP contribution in [0.2, 0.25) is 5.02 Å². The smallest absolute Gasteiger partial charge is 0.0609 e. The average Bonchev–Trinajstić information content (AvgIpc) is 2.36. The van der Waals surface area contributed by atoms with Crippen molar-refractivity contribution < 1.29 is 5.11 Å². The summed E-state index contributed by atoms with van der Waals surface area (Å²) in [6, 6.07) is 7.64. The van der Waals surface area contributed by atoms with Crippen molar-refractivity contribution in [2.75, 3.05) is 20.2 Å². The number of likely N-dealkylation sites (N-methyl/N-ethyl adjacent to an activating group) is 1. The Kier molecular flexibility index (Phi) is 5.60. The third-order valence-corrected chi connectivity index (χ3v) is 3.75. The fourth-order valence-electron chi connectivity index (χ4n) is 1.63. The van der Waals surface area contributed by atoms with E-state index >= 15 is 0 Å². The first kappa shape index (κ1) is 15.4. The van der Waals surface area contributed by atoms with Crippen LogP contribution in [0, 0.1) is 0 Å². The quantitative estimate of drug-likeness (QED) is 0.835. The van der Waals surface area contributed by atoms with E-state index in [2.05, 4.69) is 4.90 Å². The third-order valence-electron chi connectivity index (χ3n) is 3.49. The number of hydrogen-bond acceptors (Lipinski definition) is 3. The van der Waals surface area contributed by atoms with Crippen LogP contribution in [0.15, 0.2) is 24.3 Å². The summed E-state index contributed by atoms with van der Waals surface area (Å²) in [7, 11) is 2.00. The highest BCUT2D eigenvalue weighted by molar-refractivity contribution is 6.30. The molecule has 0 fully saturated rings. The Balaban J connectivity index is 2.51. The Morgan fingerprint density at radius 2 is 1.89 bits per heavy atom. The van der Waals surface area contributed by atoms with Gasteiger partial charge in [-0.1, -0.05) is 23.7 Å². The second-order valence-electron chi connectivity index (χ2n) is 5.34. The molecule has 0 aliphatic heterocycles. The molecule has 0 saturated heterocycles. The maximum atomic E-state index is 9.29. The van der Waals surface area contributed by atoms with E-state index in [1.54, 1.807) is 0 Å². The number of hydrogen-bond donors (Lipinski definition) is 2. The number of rotatable bonds is 6. The third kappa shape index (κ3) is 4.25. The first-order valence-electron chi connectivity index (χ1n) is 6.20. The van der Waals surface area contributed by atoms with Gasteiger partial charge in [-0.25, -0.2) is 0 Å². The molecule has 1 rings (SSSR count). The largest absolute Gasteiger partial charge is 0.394 e. The second kappa shape index (κ2) is 6.53. The van der Waals surface area contributed by atoms with E-state index in [1.807, 2.05) is 45.2 Å². The molecule has 1 atom stereocenters. The van der Waals surface area contributed by atoms with Crippen molar-refractivity contribution >= 4 is 11.6 Å². The predicted molar refractivity (Wildman–Crippen MR) is 76.8 cm³/mol. The Labute approximate surface area is 115 Å². The van der Waals surface area contributed by atoms with Crippen molar-refractivity contribution in [3.63, 3.8) is 0 Å². The normalized spacial score (nSPS) is 13.9. The molecule has 0 aliphatic carbocycles. The Bertz CT molecular complexity index is 365. The summed E-state index contributed by atoms with van der Waals surface area (Å²) in [6.45, 7) is 5.01.